The quantitative estimate of drug-likeness (QED) is 0.746. The first kappa shape index (κ1) is 17.9. The lowest BCUT2D eigenvalue weighted by molar-refractivity contribution is 0.181. The first-order valence-corrected chi connectivity index (χ1v) is 7.71. The summed E-state index contributed by atoms with van der Waals surface area (Å²) < 4.78 is 6.59. The number of ether oxygens (including phenoxy) is 1. The van der Waals surface area contributed by atoms with Gasteiger partial charge in [-0.15, -0.1) is 0 Å². The maximum absolute atomic E-state index is 12.4. The maximum atomic E-state index is 12.4. The number of rotatable bonds is 8. The molecule has 21 heavy (non-hydrogen) atoms. The van der Waals surface area contributed by atoms with Crippen molar-refractivity contribution in [2.45, 2.75) is 59.0 Å². The van der Waals surface area contributed by atoms with Gasteiger partial charge in [0.15, 0.2) is 0 Å². The predicted octanol–water partition coefficient (Wildman–Crippen LogP) is 2.08. The summed E-state index contributed by atoms with van der Waals surface area (Å²) in [7, 11) is 1.63. The van der Waals surface area contributed by atoms with Crippen molar-refractivity contribution in [1.82, 2.24) is 15.1 Å². The van der Waals surface area contributed by atoms with Crippen molar-refractivity contribution in [3.63, 3.8) is 0 Å². The van der Waals surface area contributed by atoms with Crippen LogP contribution in [0.1, 0.15) is 51.8 Å². The summed E-state index contributed by atoms with van der Waals surface area (Å²) in [5, 5.41) is 7.82. The largest absolute Gasteiger partial charge is 0.383 e. The van der Waals surface area contributed by atoms with E-state index in [4.69, 9.17) is 4.74 Å². The Morgan fingerprint density at radius 3 is 2.67 bits per heavy atom. The Hall–Kier alpha value is -1.20. The maximum Gasteiger partial charge on any atom is 0.271 e. The number of nitrogens with one attached hydrogen (secondary N) is 1. The highest BCUT2D eigenvalue weighted by Crippen LogP contribution is 2.19. The van der Waals surface area contributed by atoms with E-state index in [2.05, 4.69) is 38.1 Å². The highest BCUT2D eigenvalue weighted by molar-refractivity contribution is 5.19. The fourth-order valence-corrected chi connectivity index (χ4v) is 1.94. The van der Waals surface area contributed by atoms with Gasteiger partial charge in [0.1, 0.15) is 0 Å². The predicted molar refractivity (Wildman–Crippen MR) is 85.7 cm³/mol. The number of methoxy groups -OCH3 is 1. The van der Waals surface area contributed by atoms with E-state index in [0.717, 1.165) is 30.6 Å². The molecule has 0 aliphatic heterocycles. The van der Waals surface area contributed by atoms with Crippen LogP contribution in [0.3, 0.4) is 0 Å². The van der Waals surface area contributed by atoms with Crippen molar-refractivity contribution in [1.29, 1.82) is 0 Å². The van der Waals surface area contributed by atoms with Gasteiger partial charge in [0.25, 0.3) is 5.56 Å². The van der Waals surface area contributed by atoms with Crippen LogP contribution in [0.4, 0.5) is 0 Å². The molecule has 0 amide bonds. The molecular weight excluding hydrogens is 266 g/mol. The van der Waals surface area contributed by atoms with Gasteiger partial charge in [-0.05, 0) is 19.0 Å². The standard InChI is InChI=1S/C16H29N3O2/c1-6-7-8-17-12-13-11-14(16(2,3)4)18-19(15(13)20)9-10-21-5/h11,17H,6-10,12H2,1-5H3. The van der Waals surface area contributed by atoms with E-state index >= 15 is 0 Å². The third-order valence-electron chi connectivity index (χ3n) is 3.35. The molecule has 5 nitrogen and oxygen atoms in total. The molecule has 5 heteroatoms. The van der Waals surface area contributed by atoms with Gasteiger partial charge in [0.05, 0.1) is 18.8 Å². The first-order valence-electron chi connectivity index (χ1n) is 7.71. The van der Waals surface area contributed by atoms with Crippen LogP contribution in [-0.4, -0.2) is 30.0 Å². The number of nitrogens with zero attached hydrogens (tertiary/aromatic N) is 2. The second kappa shape index (κ2) is 8.29. The van der Waals surface area contributed by atoms with Gasteiger partial charge >= 0.3 is 0 Å². The lowest BCUT2D eigenvalue weighted by atomic mass is 9.91. The van der Waals surface area contributed by atoms with E-state index in [0.29, 0.717) is 19.7 Å². The third-order valence-corrected chi connectivity index (χ3v) is 3.35. The second-order valence-corrected chi connectivity index (χ2v) is 6.36. The van der Waals surface area contributed by atoms with Crippen LogP contribution in [0.25, 0.3) is 0 Å². The van der Waals surface area contributed by atoms with Gasteiger partial charge in [-0.3, -0.25) is 4.79 Å². The molecule has 120 valence electrons. The van der Waals surface area contributed by atoms with Gasteiger partial charge in [0.2, 0.25) is 0 Å². The molecule has 0 aromatic carbocycles. The smallest absolute Gasteiger partial charge is 0.271 e. The molecule has 0 bridgehead atoms. The first-order chi connectivity index (χ1) is 9.90. The van der Waals surface area contributed by atoms with Gasteiger partial charge in [0, 0.05) is 24.6 Å². The Balaban J connectivity index is 3.00. The summed E-state index contributed by atoms with van der Waals surface area (Å²) in [6.07, 6.45) is 2.27. The summed E-state index contributed by atoms with van der Waals surface area (Å²) in [4.78, 5) is 12.4. The van der Waals surface area contributed by atoms with E-state index in [9.17, 15) is 4.79 Å². The Labute approximate surface area is 127 Å². The van der Waals surface area contributed by atoms with E-state index in [-0.39, 0.29) is 11.0 Å². The fourth-order valence-electron chi connectivity index (χ4n) is 1.94. The van der Waals surface area contributed by atoms with Crippen LogP contribution in [0, 0.1) is 0 Å². The molecule has 1 N–H and O–H groups in total. The van der Waals surface area contributed by atoms with Crippen LogP contribution in [0.2, 0.25) is 0 Å². The van der Waals surface area contributed by atoms with Crippen molar-refractivity contribution in [3.05, 3.63) is 27.7 Å². The molecule has 1 rings (SSSR count). The van der Waals surface area contributed by atoms with Crippen molar-refractivity contribution in [2.24, 2.45) is 0 Å². The lowest BCUT2D eigenvalue weighted by Crippen LogP contribution is -2.33. The minimum Gasteiger partial charge on any atom is -0.383 e. The van der Waals surface area contributed by atoms with Crippen molar-refractivity contribution in [2.75, 3.05) is 20.3 Å². The minimum atomic E-state index is -0.0826. The molecule has 1 heterocycles. The van der Waals surface area contributed by atoms with Gasteiger partial charge in [-0.1, -0.05) is 34.1 Å². The molecule has 0 saturated heterocycles. The van der Waals surface area contributed by atoms with Crippen molar-refractivity contribution < 1.29 is 4.74 Å². The average Bonchev–Trinajstić information content (AvgIpc) is 2.42. The Morgan fingerprint density at radius 1 is 1.38 bits per heavy atom. The molecular formula is C16H29N3O2. The molecule has 0 spiro atoms. The Morgan fingerprint density at radius 2 is 2.10 bits per heavy atom. The third kappa shape index (κ3) is 5.59. The van der Waals surface area contributed by atoms with Crippen LogP contribution in [0.5, 0.6) is 0 Å². The summed E-state index contributed by atoms with van der Waals surface area (Å²) in [6, 6.07) is 1.94. The number of hydrogen-bond donors (Lipinski definition) is 1. The normalized spacial score (nSPS) is 11.9. The highest BCUT2D eigenvalue weighted by atomic mass is 16.5. The zero-order chi connectivity index (χ0) is 15.9. The highest BCUT2D eigenvalue weighted by Gasteiger charge is 2.19. The molecule has 0 atom stereocenters. The fraction of sp³-hybridized carbons (Fsp3) is 0.750. The van der Waals surface area contributed by atoms with Crippen LogP contribution in [-0.2, 0) is 23.2 Å². The molecule has 0 saturated carbocycles. The van der Waals surface area contributed by atoms with Gasteiger partial charge in [-0.2, -0.15) is 5.10 Å². The molecule has 0 aliphatic rings. The molecule has 0 fully saturated rings. The second-order valence-electron chi connectivity index (χ2n) is 6.36. The summed E-state index contributed by atoms with van der Waals surface area (Å²) in [5.41, 5.74) is 1.61. The molecule has 0 aliphatic carbocycles. The number of aromatic nitrogens is 2. The topological polar surface area (TPSA) is 56.1 Å². The monoisotopic (exact) mass is 295 g/mol. The molecule has 1 aromatic rings. The summed E-state index contributed by atoms with van der Waals surface area (Å²) in [6.45, 7) is 11.0. The molecule has 0 radical (unpaired) electrons. The number of unbranched alkanes of at least 4 members (excludes halogenated alkanes) is 1. The van der Waals surface area contributed by atoms with E-state index < -0.39 is 0 Å². The SMILES string of the molecule is CCCCNCc1cc(C(C)(C)C)nn(CCOC)c1=O. The lowest BCUT2D eigenvalue weighted by Gasteiger charge is -2.20. The zero-order valence-electron chi connectivity index (χ0n) is 14.0. The summed E-state index contributed by atoms with van der Waals surface area (Å²) in [5.74, 6) is 0. The Bertz CT molecular complexity index is 489. The van der Waals surface area contributed by atoms with Crippen LogP contribution in [0.15, 0.2) is 10.9 Å². The van der Waals surface area contributed by atoms with Gasteiger partial charge < -0.3 is 10.1 Å². The van der Waals surface area contributed by atoms with E-state index in [1.165, 1.54) is 4.68 Å². The van der Waals surface area contributed by atoms with Crippen LogP contribution < -0.4 is 10.9 Å². The Kier molecular flexibility index (Phi) is 7.05. The number of hydrogen-bond acceptors (Lipinski definition) is 4. The van der Waals surface area contributed by atoms with Crippen molar-refractivity contribution in [3.8, 4) is 0 Å². The molecule has 1 aromatic heterocycles. The minimum absolute atomic E-state index is 0.0240. The van der Waals surface area contributed by atoms with Crippen molar-refractivity contribution >= 4 is 0 Å². The van der Waals surface area contributed by atoms with E-state index in [1.807, 2.05) is 6.07 Å². The molecule has 0 unspecified atom stereocenters. The van der Waals surface area contributed by atoms with Crippen LogP contribution >= 0.6 is 0 Å². The summed E-state index contributed by atoms with van der Waals surface area (Å²) >= 11 is 0. The average molecular weight is 295 g/mol. The van der Waals surface area contributed by atoms with Gasteiger partial charge in [-0.25, -0.2) is 4.68 Å². The van der Waals surface area contributed by atoms with E-state index in [1.54, 1.807) is 7.11 Å². The zero-order valence-corrected chi connectivity index (χ0v) is 14.0.